The van der Waals surface area contributed by atoms with Crippen LogP contribution in [0.2, 0.25) is 0 Å². The van der Waals surface area contributed by atoms with Crippen molar-refractivity contribution in [2.24, 2.45) is 17.8 Å². The number of hydrogen-bond acceptors (Lipinski definition) is 4. The van der Waals surface area contributed by atoms with E-state index in [4.69, 9.17) is 9.47 Å². The Labute approximate surface area is 200 Å². The van der Waals surface area contributed by atoms with Crippen molar-refractivity contribution >= 4 is 5.57 Å². The number of halogens is 3. The van der Waals surface area contributed by atoms with Gasteiger partial charge in [-0.15, -0.1) is 0 Å². The highest BCUT2D eigenvalue weighted by molar-refractivity contribution is 5.72. The van der Waals surface area contributed by atoms with E-state index in [1.807, 2.05) is 19.9 Å². The molecule has 0 radical (unpaired) electrons. The third kappa shape index (κ3) is 7.49. The van der Waals surface area contributed by atoms with Gasteiger partial charge in [-0.1, -0.05) is 47.1 Å². The summed E-state index contributed by atoms with van der Waals surface area (Å²) in [6.07, 6.45) is -0.888. The van der Waals surface area contributed by atoms with Crippen LogP contribution in [0.4, 0.5) is 13.2 Å². The fraction of sp³-hybridized carbons (Fsp3) is 0.519. The summed E-state index contributed by atoms with van der Waals surface area (Å²) < 4.78 is 49.6. The number of rotatable bonds is 11. The average Bonchev–Trinajstić information content (AvgIpc) is 2.79. The first kappa shape index (κ1) is 27.7. The van der Waals surface area contributed by atoms with Crippen molar-refractivity contribution in [2.75, 3.05) is 13.7 Å². The van der Waals surface area contributed by atoms with Crippen molar-refractivity contribution in [2.45, 2.75) is 60.1 Å². The van der Waals surface area contributed by atoms with Gasteiger partial charge in [0.05, 0.1) is 12.2 Å². The van der Waals surface area contributed by atoms with Crippen LogP contribution in [-0.4, -0.2) is 23.8 Å². The van der Waals surface area contributed by atoms with Gasteiger partial charge in [0, 0.05) is 30.9 Å². The van der Waals surface area contributed by atoms with Gasteiger partial charge in [0.1, 0.15) is 11.5 Å². The predicted molar refractivity (Wildman–Crippen MR) is 129 cm³/mol. The van der Waals surface area contributed by atoms with Crippen LogP contribution >= 0.6 is 0 Å². The van der Waals surface area contributed by atoms with Gasteiger partial charge in [0.15, 0.2) is 0 Å². The van der Waals surface area contributed by atoms with Gasteiger partial charge in [-0.3, -0.25) is 0 Å². The lowest BCUT2D eigenvalue weighted by Crippen LogP contribution is -2.15. The lowest BCUT2D eigenvalue weighted by molar-refractivity contribution is -0.137. The number of aromatic nitrogens is 1. The summed E-state index contributed by atoms with van der Waals surface area (Å²) in [6, 6.07) is 7.56. The van der Waals surface area contributed by atoms with Gasteiger partial charge < -0.3 is 14.6 Å². The largest absolute Gasteiger partial charge is 0.512 e. The molecule has 7 heteroatoms. The molecule has 0 bridgehead atoms. The molecule has 1 heterocycles. The lowest BCUT2D eigenvalue weighted by atomic mass is 9.85. The van der Waals surface area contributed by atoms with E-state index in [1.54, 1.807) is 19.2 Å². The Morgan fingerprint density at radius 3 is 2.29 bits per heavy atom. The average molecular weight is 480 g/mol. The number of nitrogens with zero attached hydrogens (tertiary/aromatic N) is 1. The number of pyridine rings is 1. The predicted octanol–water partition coefficient (Wildman–Crippen LogP) is 8.08. The number of alkyl halides is 3. The number of aryl methyl sites for hydroxylation is 1. The molecule has 2 atom stereocenters. The van der Waals surface area contributed by atoms with Gasteiger partial charge in [0.25, 0.3) is 0 Å². The van der Waals surface area contributed by atoms with E-state index in [-0.39, 0.29) is 30.1 Å². The van der Waals surface area contributed by atoms with Crippen LogP contribution in [0.25, 0.3) is 5.57 Å². The van der Waals surface area contributed by atoms with Crippen molar-refractivity contribution in [3.8, 4) is 11.6 Å². The second kappa shape index (κ2) is 12.2. The van der Waals surface area contributed by atoms with Crippen LogP contribution in [-0.2, 0) is 17.3 Å². The van der Waals surface area contributed by atoms with Crippen LogP contribution < -0.4 is 4.74 Å². The summed E-state index contributed by atoms with van der Waals surface area (Å²) >= 11 is 0. The minimum Gasteiger partial charge on any atom is -0.512 e. The maximum Gasteiger partial charge on any atom is 0.417 e. The standard InChI is InChI=1S/C27H36F3NO3/c1-7-20-10-12-22(34-25-13-11-21(15-31-25)27(28,29)30)14-23(20)24(16-33-6)26(32)19(5)18(4)9-8-17(2)3/h10-15,17-19,32H,7-9,16H2,1-6H3/b26-24-/t18-,19?/m0/s1. The van der Waals surface area contributed by atoms with Crippen molar-refractivity contribution in [3.63, 3.8) is 0 Å². The third-order valence-corrected chi connectivity index (χ3v) is 6.16. The highest BCUT2D eigenvalue weighted by atomic mass is 19.4. The molecule has 0 aliphatic rings. The first-order chi connectivity index (χ1) is 16.0. The van der Waals surface area contributed by atoms with E-state index in [1.165, 1.54) is 6.07 Å². The van der Waals surface area contributed by atoms with E-state index < -0.39 is 11.7 Å². The zero-order valence-electron chi connectivity index (χ0n) is 20.9. The summed E-state index contributed by atoms with van der Waals surface area (Å²) in [5.74, 6) is 1.59. The van der Waals surface area contributed by atoms with E-state index in [0.717, 1.165) is 42.7 Å². The number of ether oxygens (including phenoxy) is 2. The van der Waals surface area contributed by atoms with E-state index >= 15 is 0 Å². The quantitative estimate of drug-likeness (QED) is 0.331. The molecule has 188 valence electrons. The number of aliphatic hydroxyl groups excluding tert-OH is 1. The van der Waals surface area contributed by atoms with Crippen LogP contribution in [0.3, 0.4) is 0 Å². The highest BCUT2D eigenvalue weighted by Crippen LogP contribution is 2.35. The van der Waals surface area contributed by atoms with Gasteiger partial charge in [-0.2, -0.15) is 13.2 Å². The monoisotopic (exact) mass is 479 g/mol. The normalized spacial score (nSPS) is 14.6. The molecule has 34 heavy (non-hydrogen) atoms. The smallest absolute Gasteiger partial charge is 0.417 e. The molecule has 1 aromatic heterocycles. The minimum atomic E-state index is -4.46. The van der Waals surface area contributed by atoms with E-state index in [2.05, 4.69) is 25.8 Å². The minimum absolute atomic E-state index is 0.0559. The fourth-order valence-electron chi connectivity index (χ4n) is 3.76. The maximum absolute atomic E-state index is 12.8. The second-order valence-corrected chi connectivity index (χ2v) is 9.19. The Bertz CT molecular complexity index is 953. The Kier molecular flexibility index (Phi) is 9.98. The highest BCUT2D eigenvalue weighted by Gasteiger charge is 2.30. The first-order valence-corrected chi connectivity index (χ1v) is 11.7. The molecule has 0 saturated carbocycles. The fourth-order valence-corrected chi connectivity index (χ4v) is 3.76. The Morgan fingerprint density at radius 2 is 1.76 bits per heavy atom. The summed E-state index contributed by atoms with van der Waals surface area (Å²) in [6.45, 7) is 10.8. The summed E-state index contributed by atoms with van der Waals surface area (Å²) in [4.78, 5) is 3.79. The molecule has 0 fully saturated rings. The second-order valence-electron chi connectivity index (χ2n) is 9.19. The van der Waals surface area contributed by atoms with Crippen LogP contribution in [0.15, 0.2) is 42.3 Å². The Balaban J connectivity index is 2.39. The molecular weight excluding hydrogens is 443 g/mol. The maximum atomic E-state index is 12.8. The molecule has 0 aliphatic carbocycles. The molecular formula is C27H36F3NO3. The van der Waals surface area contributed by atoms with Crippen molar-refractivity contribution in [1.29, 1.82) is 0 Å². The van der Waals surface area contributed by atoms with Crippen molar-refractivity contribution in [1.82, 2.24) is 4.98 Å². The molecule has 0 saturated heterocycles. The SMILES string of the molecule is CCc1ccc(Oc2ccc(C(F)(F)F)cn2)cc1/C(COC)=C(\O)C(C)[C@@H](C)CCC(C)C. The number of benzene rings is 1. The van der Waals surface area contributed by atoms with Crippen LogP contribution in [0.5, 0.6) is 11.6 Å². The van der Waals surface area contributed by atoms with Crippen molar-refractivity contribution < 1.29 is 27.8 Å². The number of allylic oxidation sites excluding steroid dienone is 1. The summed E-state index contributed by atoms with van der Waals surface area (Å²) in [5.41, 5.74) is 1.66. The number of aliphatic hydroxyl groups is 1. The molecule has 0 spiro atoms. The Hall–Kier alpha value is -2.54. The van der Waals surface area contributed by atoms with Gasteiger partial charge in [0.2, 0.25) is 5.88 Å². The van der Waals surface area contributed by atoms with E-state index in [0.29, 0.717) is 17.2 Å². The Morgan fingerprint density at radius 1 is 1.06 bits per heavy atom. The van der Waals surface area contributed by atoms with Crippen molar-refractivity contribution in [3.05, 3.63) is 59.0 Å². The zero-order valence-corrected chi connectivity index (χ0v) is 20.9. The molecule has 1 N–H and O–H groups in total. The van der Waals surface area contributed by atoms with Gasteiger partial charge in [-0.25, -0.2) is 4.98 Å². The molecule has 2 rings (SSSR count). The topological polar surface area (TPSA) is 51.6 Å². The molecule has 2 aromatic rings. The van der Waals surface area contributed by atoms with Gasteiger partial charge >= 0.3 is 6.18 Å². The summed E-state index contributed by atoms with van der Waals surface area (Å²) in [7, 11) is 1.58. The van der Waals surface area contributed by atoms with Crippen LogP contribution in [0.1, 0.15) is 64.2 Å². The first-order valence-electron chi connectivity index (χ1n) is 11.7. The van der Waals surface area contributed by atoms with Crippen LogP contribution in [0, 0.1) is 17.8 Å². The molecule has 0 aliphatic heterocycles. The zero-order chi connectivity index (χ0) is 25.5. The third-order valence-electron chi connectivity index (χ3n) is 6.16. The lowest BCUT2D eigenvalue weighted by Gasteiger charge is -2.24. The molecule has 4 nitrogen and oxygen atoms in total. The number of methoxy groups -OCH3 is 1. The molecule has 1 unspecified atom stereocenters. The molecule has 1 aromatic carbocycles. The number of hydrogen-bond donors (Lipinski definition) is 1. The van der Waals surface area contributed by atoms with Gasteiger partial charge in [-0.05, 0) is 54.0 Å². The van der Waals surface area contributed by atoms with E-state index in [9.17, 15) is 18.3 Å². The molecule has 0 amide bonds. The summed E-state index contributed by atoms with van der Waals surface area (Å²) in [5, 5.41) is 11.2.